The number of anilines is 1. The van der Waals surface area contributed by atoms with E-state index in [1.54, 1.807) is 0 Å². The number of nitrogens with one attached hydrogen (secondary N) is 1. The van der Waals surface area contributed by atoms with Crippen LogP contribution in [0.3, 0.4) is 0 Å². The zero-order chi connectivity index (χ0) is 17.4. The maximum absolute atomic E-state index is 11.7. The molecule has 0 bridgehead atoms. The maximum atomic E-state index is 11.7. The fourth-order valence-electron chi connectivity index (χ4n) is 3.92. The molecule has 0 aromatic heterocycles. The van der Waals surface area contributed by atoms with Gasteiger partial charge >= 0.3 is 5.97 Å². The first-order valence-electron chi connectivity index (χ1n) is 8.53. The number of fused-ring (bicyclic) bond motifs is 3. The number of hydrogen-bond donors (Lipinski definition) is 1. The van der Waals surface area contributed by atoms with Gasteiger partial charge in [-0.3, -0.25) is 0 Å². The molecule has 4 nitrogen and oxygen atoms in total. The van der Waals surface area contributed by atoms with Crippen molar-refractivity contribution < 1.29 is 14.3 Å². The molecule has 5 heteroatoms. The summed E-state index contributed by atoms with van der Waals surface area (Å²) < 4.78 is 10.9. The topological polar surface area (TPSA) is 47.6 Å². The van der Waals surface area contributed by atoms with E-state index in [0.717, 1.165) is 41.3 Å². The molecule has 0 spiro atoms. The summed E-state index contributed by atoms with van der Waals surface area (Å²) in [6.07, 6.45) is 2.19. The van der Waals surface area contributed by atoms with Gasteiger partial charge in [0.15, 0.2) is 0 Å². The van der Waals surface area contributed by atoms with Crippen LogP contribution in [0.4, 0.5) is 5.69 Å². The molecule has 2 heterocycles. The van der Waals surface area contributed by atoms with Gasteiger partial charge in [-0.05, 0) is 48.7 Å². The van der Waals surface area contributed by atoms with Crippen molar-refractivity contribution in [1.82, 2.24) is 0 Å². The second-order valence-corrected chi connectivity index (χ2v) is 7.00. The molecule has 2 aliphatic heterocycles. The molecule has 2 aromatic rings. The van der Waals surface area contributed by atoms with E-state index in [1.807, 2.05) is 42.5 Å². The van der Waals surface area contributed by atoms with Gasteiger partial charge in [0.25, 0.3) is 0 Å². The highest BCUT2D eigenvalue weighted by atomic mass is 35.5. The predicted octanol–water partition coefficient (Wildman–Crippen LogP) is 4.76. The molecule has 0 amide bonds. The quantitative estimate of drug-likeness (QED) is 0.787. The minimum absolute atomic E-state index is 0.0500. The van der Waals surface area contributed by atoms with Crippen molar-refractivity contribution in [2.45, 2.75) is 25.0 Å². The van der Waals surface area contributed by atoms with Crippen molar-refractivity contribution in [2.75, 3.05) is 19.0 Å². The molecule has 0 aliphatic carbocycles. The maximum Gasteiger partial charge on any atom is 0.337 e. The van der Waals surface area contributed by atoms with E-state index in [9.17, 15) is 4.79 Å². The monoisotopic (exact) mass is 357 g/mol. The fraction of sp³-hybridized carbons (Fsp3) is 0.350. The van der Waals surface area contributed by atoms with Crippen LogP contribution in [0.15, 0.2) is 42.5 Å². The number of methoxy groups -OCH3 is 1. The molecule has 0 saturated carbocycles. The molecule has 0 unspecified atom stereocenters. The Bertz CT molecular complexity index is 790. The number of rotatable bonds is 2. The summed E-state index contributed by atoms with van der Waals surface area (Å²) in [4.78, 5) is 11.7. The van der Waals surface area contributed by atoms with Gasteiger partial charge in [0.05, 0.1) is 24.8 Å². The fourth-order valence-corrected chi connectivity index (χ4v) is 4.10. The SMILES string of the molecule is COC(=O)c1ccc([C@@H]2Nc3ccc(Cl)cc3[C@@H]3OCCC[C@H]23)cc1. The molecule has 130 valence electrons. The van der Waals surface area contributed by atoms with Crippen LogP contribution in [0.1, 0.15) is 46.5 Å². The molecule has 2 aliphatic rings. The van der Waals surface area contributed by atoms with Crippen LogP contribution in [0.5, 0.6) is 0 Å². The van der Waals surface area contributed by atoms with Crippen LogP contribution >= 0.6 is 11.6 Å². The summed E-state index contributed by atoms with van der Waals surface area (Å²) in [6.45, 7) is 0.779. The van der Waals surface area contributed by atoms with Gasteiger partial charge in [-0.2, -0.15) is 0 Å². The lowest BCUT2D eigenvalue weighted by Gasteiger charge is -2.43. The van der Waals surface area contributed by atoms with Gasteiger partial charge < -0.3 is 14.8 Å². The average molecular weight is 358 g/mol. The number of esters is 1. The highest BCUT2D eigenvalue weighted by Crippen LogP contribution is 2.49. The van der Waals surface area contributed by atoms with E-state index in [-0.39, 0.29) is 18.1 Å². The van der Waals surface area contributed by atoms with Crippen LogP contribution in [-0.4, -0.2) is 19.7 Å². The van der Waals surface area contributed by atoms with Crippen LogP contribution in [0, 0.1) is 5.92 Å². The highest BCUT2D eigenvalue weighted by molar-refractivity contribution is 6.30. The van der Waals surface area contributed by atoms with E-state index < -0.39 is 0 Å². The number of carbonyl (C=O) groups excluding carboxylic acids is 1. The van der Waals surface area contributed by atoms with Crippen molar-refractivity contribution >= 4 is 23.3 Å². The molecule has 3 atom stereocenters. The Morgan fingerprint density at radius 3 is 2.80 bits per heavy atom. The van der Waals surface area contributed by atoms with Crippen LogP contribution in [0.25, 0.3) is 0 Å². The first kappa shape index (κ1) is 16.4. The first-order valence-corrected chi connectivity index (χ1v) is 8.91. The molecule has 1 fully saturated rings. The lowest BCUT2D eigenvalue weighted by atomic mass is 9.77. The Hall–Kier alpha value is -2.04. The molecular weight excluding hydrogens is 338 g/mol. The molecule has 0 radical (unpaired) electrons. The lowest BCUT2D eigenvalue weighted by Crippen LogP contribution is -2.36. The lowest BCUT2D eigenvalue weighted by molar-refractivity contribution is -0.0381. The van der Waals surface area contributed by atoms with Crippen molar-refractivity contribution in [3.05, 3.63) is 64.2 Å². The van der Waals surface area contributed by atoms with E-state index >= 15 is 0 Å². The van der Waals surface area contributed by atoms with Gasteiger partial charge in [-0.1, -0.05) is 23.7 Å². The standard InChI is InChI=1S/C20H20ClNO3/c1-24-20(23)13-6-4-12(5-7-13)18-15-3-2-10-25-19(15)16-11-14(21)8-9-17(16)22-18/h4-9,11,15,18-19,22H,2-3,10H2,1H3/t15-,18+,19-/m1/s1. The van der Waals surface area contributed by atoms with E-state index in [4.69, 9.17) is 21.1 Å². The molecule has 1 saturated heterocycles. The van der Waals surface area contributed by atoms with Crippen molar-refractivity contribution in [2.24, 2.45) is 5.92 Å². The zero-order valence-corrected chi connectivity index (χ0v) is 14.8. The second kappa shape index (κ2) is 6.70. The summed E-state index contributed by atoms with van der Waals surface area (Å²) in [5, 5.41) is 4.38. The Kier molecular flexibility index (Phi) is 4.40. The molecular formula is C20H20ClNO3. The Balaban J connectivity index is 1.69. The summed E-state index contributed by atoms with van der Waals surface area (Å²) in [5.41, 5.74) is 3.91. The molecule has 25 heavy (non-hydrogen) atoms. The third-order valence-corrected chi connectivity index (χ3v) is 5.35. The molecule has 2 aromatic carbocycles. The van der Waals surface area contributed by atoms with Crippen molar-refractivity contribution in [1.29, 1.82) is 0 Å². The summed E-state index contributed by atoms with van der Waals surface area (Å²) in [5.74, 6) is 0.0192. The first-order chi connectivity index (χ1) is 12.2. The van der Waals surface area contributed by atoms with Gasteiger partial charge in [-0.25, -0.2) is 4.79 Å². The Morgan fingerprint density at radius 2 is 2.04 bits per heavy atom. The number of carbonyl (C=O) groups is 1. The van der Waals surface area contributed by atoms with Crippen LogP contribution < -0.4 is 5.32 Å². The predicted molar refractivity (Wildman–Crippen MR) is 97.0 cm³/mol. The molecule has 4 rings (SSSR count). The van der Waals surface area contributed by atoms with Crippen molar-refractivity contribution in [3.8, 4) is 0 Å². The largest absolute Gasteiger partial charge is 0.465 e. The van der Waals surface area contributed by atoms with Gasteiger partial charge in [-0.15, -0.1) is 0 Å². The average Bonchev–Trinajstić information content (AvgIpc) is 2.67. The number of hydrogen-bond acceptors (Lipinski definition) is 4. The Labute approximate surface area is 152 Å². The van der Waals surface area contributed by atoms with Crippen LogP contribution in [0.2, 0.25) is 5.02 Å². The number of ether oxygens (including phenoxy) is 2. The van der Waals surface area contributed by atoms with Crippen molar-refractivity contribution in [3.63, 3.8) is 0 Å². The third kappa shape index (κ3) is 3.00. The Morgan fingerprint density at radius 1 is 1.24 bits per heavy atom. The minimum Gasteiger partial charge on any atom is -0.465 e. The summed E-state index contributed by atoms with van der Waals surface area (Å²) >= 11 is 6.19. The zero-order valence-electron chi connectivity index (χ0n) is 14.0. The smallest absolute Gasteiger partial charge is 0.337 e. The van der Waals surface area contributed by atoms with E-state index in [2.05, 4.69) is 5.32 Å². The summed E-state index contributed by atoms with van der Waals surface area (Å²) in [6, 6.07) is 13.7. The van der Waals surface area contributed by atoms with Gasteiger partial charge in [0.1, 0.15) is 0 Å². The van der Waals surface area contributed by atoms with Gasteiger partial charge in [0, 0.05) is 28.8 Å². The number of benzene rings is 2. The number of halogens is 1. The third-order valence-electron chi connectivity index (χ3n) is 5.12. The minimum atomic E-state index is -0.318. The van der Waals surface area contributed by atoms with E-state index in [0.29, 0.717) is 11.5 Å². The van der Waals surface area contributed by atoms with Gasteiger partial charge in [0.2, 0.25) is 0 Å². The molecule has 1 N–H and O–H groups in total. The second-order valence-electron chi connectivity index (χ2n) is 6.56. The normalized spacial score (nSPS) is 24.6. The summed E-state index contributed by atoms with van der Waals surface area (Å²) in [7, 11) is 1.39. The van der Waals surface area contributed by atoms with Crippen LogP contribution in [-0.2, 0) is 9.47 Å². The highest BCUT2D eigenvalue weighted by Gasteiger charge is 2.39. The van der Waals surface area contributed by atoms with E-state index in [1.165, 1.54) is 7.11 Å².